The van der Waals surface area contributed by atoms with E-state index in [1.165, 1.54) is 22.3 Å². The molecule has 2 aliphatic rings. The molecular formula is C48H46N4O2. The van der Waals surface area contributed by atoms with Crippen LogP contribution in [0.4, 0.5) is 11.4 Å². The summed E-state index contributed by atoms with van der Waals surface area (Å²) in [6, 6.07) is 55.3. The Morgan fingerprint density at radius 1 is 0.463 bits per heavy atom. The van der Waals surface area contributed by atoms with Gasteiger partial charge in [0.2, 0.25) is 0 Å². The van der Waals surface area contributed by atoms with Crippen LogP contribution in [0.3, 0.4) is 0 Å². The molecule has 0 radical (unpaired) electrons. The standard InChI is InChI=1S/C48H46N4O2/c1-35-23-27-37(28-24-35)45-33-43(49-51(45)39-15-5-3-6-16-39)41-19-9-11-21-47(41)53-31-13-14-32-54-48-22-12-10-20-42(48)44-34-46(38-29-25-36(2)26-30-38)52(50-44)40-17-7-4-8-18-40/h3-12,15-30,45-46H,13-14,31-34H2,1-2H3. The van der Waals surface area contributed by atoms with E-state index in [1.807, 2.05) is 24.3 Å². The highest BCUT2D eigenvalue weighted by Crippen LogP contribution is 2.40. The van der Waals surface area contributed by atoms with E-state index < -0.39 is 0 Å². The first-order valence-electron chi connectivity index (χ1n) is 19.0. The highest BCUT2D eigenvalue weighted by molar-refractivity contribution is 6.06. The predicted octanol–water partition coefficient (Wildman–Crippen LogP) is 11.3. The first-order valence-corrected chi connectivity index (χ1v) is 19.0. The van der Waals surface area contributed by atoms with Crippen LogP contribution in [0.1, 0.15) is 71.1 Å². The van der Waals surface area contributed by atoms with E-state index in [4.69, 9.17) is 19.7 Å². The topological polar surface area (TPSA) is 49.7 Å². The third-order valence-electron chi connectivity index (χ3n) is 10.2. The SMILES string of the molecule is Cc1ccc(C2CC(c3ccccc3OCCCCOc3ccccc3C3=NN(c4ccccc4)C(c4ccc(C)cc4)C3)=NN2c2ccccc2)cc1. The number of ether oxygens (including phenoxy) is 2. The van der Waals surface area contributed by atoms with Crippen LogP contribution in [-0.4, -0.2) is 24.6 Å². The number of aryl methyl sites for hydroxylation is 2. The van der Waals surface area contributed by atoms with Gasteiger partial charge in [-0.2, -0.15) is 10.2 Å². The van der Waals surface area contributed by atoms with E-state index in [0.717, 1.165) is 71.1 Å². The lowest BCUT2D eigenvalue weighted by Gasteiger charge is -2.24. The Labute approximate surface area is 319 Å². The molecule has 0 N–H and O–H groups in total. The van der Waals surface area contributed by atoms with Gasteiger partial charge in [0.05, 0.1) is 48.1 Å². The molecule has 54 heavy (non-hydrogen) atoms. The second-order valence-corrected chi connectivity index (χ2v) is 14.1. The molecule has 6 aromatic rings. The summed E-state index contributed by atoms with van der Waals surface area (Å²) in [5.74, 6) is 1.73. The molecule has 2 unspecified atom stereocenters. The Bertz CT molecular complexity index is 2060. The second kappa shape index (κ2) is 16.3. The smallest absolute Gasteiger partial charge is 0.128 e. The Hall–Kier alpha value is -6.14. The maximum atomic E-state index is 6.44. The fourth-order valence-corrected chi connectivity index (χ4v) is 7.31. The van der Waals surface area contributed by atoms with Gasteiger partial charge in [0.1, 0.15) is 11.5 Å². The molecule has 8 rings (SSSR count). The third kappa shape index (κ3) is 7.79. The van der Waals surface area contributed by atoms with Gasteiger partial charge < -0.3 is 9.47 Å². The molecule has 0 amide bonds. The minimum Gasteiger partial charge on any atom is -0.493 e. The van der Waals surface area contributed by atoms with Gasteiger partial charge in [0.25, 0.3) is 0 Å². The Balaban J connectivity index is 0.909. The van der Waals surface area contributed by atoms with Crippen molar-refractivity contribution in [1.29, 1.82) is 0 Å². The molecule has 0 aliphatic carbocycles. The van der Waals surface area contributed by atoms with E-state index in [2.05, 4.69) is 157 Å². The summed E-state index contributed by atoms with van der Waals surface area (Å²) < 4.78 is 12.9. The molecule has 0 spiro atoms. The summed E-state index contributed by atoms with van der Waals surface area (Å²) in [5.41, 5.74) is 11.3. The summed E-state index contributed by atoms with van der Waals surface area (Å²) in [5, 5.41) is 14.7. The van der Waals surface area contributed by atoms with Gasteiger partial charge in [0, 0.05) is 24.0 Å². The van der Waals surface area contributed by atoms with Gasteiger partial charge in [-0.3, -0.25) is 10.0 Å². The van der Waals surface area contributed by atoms with Crippen molar-refractivity contribution in [2.75, 3.05) is 23.2 Å². The van der Waals surface area contributed by atoms with Crippen molar-refractivity contribution in [2.45, 2.75) is 51.6 Å². The minimum absolute atomic E-state index is 0.112. The summed E-state index contributed by atoms with van der Waals surface area (Å²) >= 11 is 0. The van der Waals surface area contributed by atoms with Crippen molar-refractivity contribution in [3.8, 4) is 11.5 Å². The molecule has 6 aromatic carbocycles. The van der Waals surface area contributed by atoms with Gasteiger partial charge in [-0.25, -0.2) is 0 Å². The molecule has 6 heteroatoms. The van der Waals surface area contributed by atoms with Crippen molar-refractivity contribution in [3.63, 3.8) is 0 Å². The minimum atomic E-state index is 0.112. The zero-order valence-electron chi connectivity index (χ0n) is 31.0. The van der Waals surface area contributed by atoms with Gasteiger partial charge >= 0.3 is 0 Å². The maximum Gasteiger partial charge on any atom is 0.128 e. The zero-order chi connectivity index (χ0) is 36.7. The third-order valence-corrected chi connectivity index (χ3v) is 10.2. The number of unbranched alkanes of at least 4 members (excludes halogenated alkanes) is 1. The maximum absolute atomic E-state index is 6.44. The highest BCUT2D eigenvalue weighted by Gasteiger charge is 2.32. The van der Waals surface area contributed by atoms with E-state index in [-0.39, 0.29) is 12.1 Å². The molecule has 0 saturated carbocycles. The quantitative estimate of drug-likeness (QED) is 0.112. The van der Waals surface area contributed by atoms with Gasteiger partial charge in [0.15, 0.2) is 0 Å². The number of rotatable bonds is 13. The van der Waals surface area contributed by atoms with Crippen LogP contribution in [-0.2, 0) is 0 Å². The highest BCUT2D eigenvalue weighted by atomic mass is 16.5. The number of nitrogens with zero attached hydrogens (tertiary/aromatic N) is 4. The number of hydrogen-bond acceptors (Lipinski definition) is 6. The van der Waals surface area contributed by atoms with E-state index in [0.29, 0.717) is 13.2 Å². The van der Waals surface area contributed by atoms with E-state index in [1.54, 1.807) is 0 Å². The Kier molecular flexibility index (Phi) is 10.5. The largest absolute Gasteiger partial charge is 0.493 e. The molecule has 0 bridgehead atoms. The Morgan fingerprint density at radius 2 is 0.833 bits per heavy atom. The van der Waals surface area contributed by atoms with Gasteiger partial charge in [-0.15, -0.1) is 0 Å². The average molecular weight is 711 g/mol. The lowest BCUT2D eigenvalue weighted by Crippen LogP contribution is -2.18. The van der Waals surface area contributed by atoms with Crippen molar-refractivity contribution >= 4 is 22.8 Å². The van der Waals surface area contributed by atoms with E-state index >= 15 is 0 Å². The number of hydrogen-bond donors (Lipinski definition) is 0. The summed E-state index contributed by atoms with van der Waals surface area (Å²) in [4.78, 5) is 0. The van der Waals surface area contributed by atoms with Crippen LogP contribution in [0.15, 0.2) is 168 Å². The van der Waals surface area contributed by atoms with Gasteiger partial charge in [-0.05, 0) is 86.3 Å². The molecule has 6 nitrogen and oxygen atoms in total. The van der Waals surface area contributed by atoms with Crippen molar-refractivity contribution in [1.82, 2.24) is 0 Å². The van der Waals surface area contributed by atoms with Gasteiger partial charge in [-0.1, -0.05) is 120 Å². The summed E-state index contributed by atoms with van der Waals surface area (Å²) in [6.07, 6.45) is 3.32. The molecule has 2 heterocycles. The fourth-order valence-electron chi connectivity index (χ4n) is 7.31. The van der Waals surface area contributed by atoms with Crippen molar-refractivity contribution in [3.05, 3.63) is 191 Å². The second-order valence-electron chi connectivity index (χ2n) is 14.1. The van der Waals surface area contributed by atoms with Crippen LogP contribution in [0.2, 0.25) is 0 Å². The number of para-hydroxylation sites is 4. The van der Waals surface area contributed by atoms with Crippen LogP contribution in [0.25, 0.3) is 0 Å². The number of hydrazone groups is 2. The van der Waals surface area contributed by atoms with Crippen LogP contribution < -0.4 is 19.5 Å². The summed E-state index contributed by atoms with van der Waals surface area (Å²) in [6.45, 7) is 5.44. The van der Waals surface area contributed by atoms with Crippen molar-refractivity contribution < 1.29 is 9.47 Å². The Morgan fingerprint density at radius 3 is 1.24 bits per heavy atom. The molecule has 270 valence electrons. The lowest BCUT2D eigenvalue weighted by atomic mass is 9.97. The van der Waals surface area contributed by atoms with E-state index in [9.17, 15) is 0 Å². The number of anilines is 2. The predicted molar refractivity (Wildman–Crippen MR) is 221 cm³/mol. The lowest BCUT2D eigenvalue weighted by molar-refractivity contribution is 0.266. The first-order chi connectivity index (χ1) is 26.6. The molecule has 0 fully saturated rings. The average Bonchev–Trinajstić information content (AvgIpc) is 3.87. The molecule has 0 saturated heterocycles. The monoisotopic (exact) mass is 710 g/mol. The molecule has 2 aliphatic heterocycles. The number of benzene rings is 6. The molecular weight excluding hydrogens is 665 g/mol. The summed E-state index contributed by atoms with van der Waals surface area (Å²) in [7, 11) is 0. The fraction of sp³-hybridized carbons (Fsp3) is 0.208. The van der Waals surface area contributed by atoms with Crippen LogP contribution >= 0.6 is 0 Å². The molecule has 2 atom stereocenters. The zero-order valence-corrected chi connectivity index (χ0v) is 31.0. The first kappa shape index (κ1) is 34.9. The molecule has 0 aromatic heterocycles. The normalized spacial score (nSPS) is 16.6. The van der Waals surface area contributed by atoms with Crippen LogP contribution in [0.5, 0.6) is 11.5 Å². The van der Waals surface area contributed by atoms with Crippen molar-refractivity contribution in [2.24, 2.45) is 10.2 Å². The van der Waals surface area contributed by atoms with Crippen LogP contribution in [0, 0.1) is 13.8 Å².